The smallest absolute Gasteiger partial charge is 0.191 e. The van der Waals surface area contributed by atoms with Crippen molar-refractivity contribution in [3.05, 3.63) is 23.8 Å². The Bertz CT molecular complexity index is 483. The zero-order chi connectivity index (χ0) is 15.1. The molecule has 1 fully saturated rings. The van der Waals surface area contributed by atoms with Crippen LogP contribution >= 0.6 is 11.8 Å². The second-order valence-corrected chi connectivity index (χ2v) is 7.23. The van der Waals surface area contributed by atoms with Gasteiger partial charge in [0, 0.05) is 24.0 Å². The first-order valence-corrected chi connectivity index (χ1v) is 8.54. The van der Waals surface area contributed by atoms with E-state index in [9.17, 15) is 0 Å². The van der Waals surface area contributed by atoms with Crippen molar-refractivity contribution in [3.63, 3.8) is 0 Å². The number of aromatic nitrogens is 2. The Hall–Kier alpha value is -1.30. The van der Waals surface area contributed by atoms with E-state index < -0.39 is 0 Å². The van der Waals surface area contributed by atoms with Gasteiger partial charge in [0.15, 0.2) is 5.96 Å². The minimum absolute atomic E-state index is 0.335. The largest absolute Gasteiger partial charge is 0.357 e. The van der Waals surface area contributed by atoms with Crippen LogP contribution in [0, 0.1) is 6.92 Å². The molecular formula is C15H25N5S. The SMILES string of the molecule is CCNC(=NCc1ccnc(C)n1)NCC1(C)CCCS1. The van der Waals surface area contributed by atoms with Gasteiger partial charge < -0.3 is 10.6 Å². The zero-order valence-corrected chi connectivity index (χ0v) is 14.0. The summed E-state index contributed by atoms with van der Waals surface area (Å²) in [5, 5.41) is 6.76. The lowest BCUT2D eigenvalue weighted by atomic mass is 10.1. The van der Waals surface area contributed by atoms with E-state index in [1.165, 1.54) is 18.6 Å². The second-order valence-electron chi connectivity index (χ2n) is 5.55. The van der Waals surface area contributed by atoms with Crippen molar-refractivity contribution in [1.29, 1.82) is 0 Å². The van der Waals surface area contributed by atoms with Gasteiger partial charge in [0.1, 0.15) is 5.82 Å². The summed E-state index contributed by atoms with van der Waals surface area (Å²) in [5.41, 5.74) is 0.946. The molecule has 0 aliphatic carbocycles. The first kappa shape index (κ1) is 16.1. The molecular weight excluding hydrogens is 282 g/mol. The molecule has 1 saturated heterocycles. The van der Waals surface area contributed by atoms with Crippen LogP contribution in [0.5, 0.6) is 0 Å². The molecule has 0 aromatic carbocycles. The van der Waals surface area contributed by atoms with Crippen LogP contribution in [0.4, 0.5) is 0 Å². The molecule has 2 rings (SSSR count). The maximum Gasteiger partial charge on any atom is 0.191 e. The van der Waals surface area contributed by atoms with Crippen LogP contribution < -0.4 is 10.6 Å². The molecule has 1 aliphatic heterocycles. The maximum absolute atomic E-state index is 4.61. The lowest BCUT2D eigenvalue weighted by Gasteiger charge is -2.24. The minimum Gasteiger partial charge on any atom is -0.357 e. The van der Waals surface area contributed by atoms with Gasteiger partial charge in [-0.25, -0.2) is 15.0 Å². The van der Waals surface area contributed by atoms with Gasteiger partial charge in [0.05, 0.1) is 12.2 Å². The molecule has 0 amide bonds. The van der Waals surface area contributed by atoms with E-state index >= 15 is 0 Å². The number of rotatable bonds is 5. The summed E-state index contributed by atoms with van der Waals surface area (Å²) in [6, 6.07) is 1.91. The van der Waals surface area contributed by atoms with Gasteiger partial charge in [0.2, 0.25) is 0 Å². The van der Waals surface area contributed by atoms with E-state index in [0.29, 0.717) is 11.3 Å². The summed E-state index contributed by atoms with van der Waals surface area (Å²) in [6.07, 6.45) is 4.37. The van der Waals surface area contributed by atoms with Gasteiger partial charge in [0.25, 0.3) is 0 Å². The molecule has 0 radical (unpaired) electrons. The molecule has 0 saturated carbocycles. The highest BCUT2D eigenvalue weighted by Gasteiger charge is 2.29. The molecule has 0 spiro atoms. The van der Waals surface area contributed by atoms with Crippen LogP contribution in [-0.4, -0.2) is 39.5 Å². The Morgan fingerprint density at radius 2 is 2.33 bits per heavy atom. The number of guanidine groups is 1. The average Bonchev–Trinajstić information content (AvgIpc) is 2.89. The standard InChI is InChI=1S/C15H25N5S/c1-4-16-14(19-11-15(3)7-5-9-21-15)18-10-13-6-8-17-12(2)20-13/h6,8H,4-5,7,9-11H2,1-3H3,(H2,16,18,19). The van der Waals surface area contributed by atoms with Gasteiger partial charge in [-0.1, -0.05) is 0 Å². The van der Waals surface area contributed by atoms with E-state index in [1.807, 2.05) is 13.0 Å². The summed E-state index contributed by atoms with van der Waals surface area (Å²) < 4.78 is 0.335. The molecule has 21 heavy (non-hydrogen) atoms. The third-order valence-corrected chi connectivity index (χ3v) is 5.05. The number of hydrogen-bond donors (Lipinski definition) is 2. The normalized spacial score (nSPS) is 22.3. The number of aryl methyl sites for hydroxylation is 1. The summed E-state index contributed by atoms with van der Waals surface area (Å²) in [7, 11) is 0. The highest BCUT2D eigenvalue weighted by atomic mass is 32.2. The van der Waals surface area contributed by atoms with Crippen LogP contribution in [0.1, 0.15) is 38.2 Å². The molecule has 2 heterocycles. The highest BCUT2D eigenvalue weighted by molar-refractivity contribution is 8.00. The van der Waals surface area contributed by atoms with Crippen molar-refractivity contribution in [2.75, 3.05) is 18.8 Å². The number of nitrogens with one attached hydrogen (secondary N) is 2. The Kier molecular flexibility index (Phi) is 5.85. The van der Waals surface area contributed by atoms with Crippen molar-refractivity contribution < 1.29 is 0 Å². The summed E-state index contributed by atoms with van der Waals surface area (Å²) in [6.45, 7) is 8.69. The topological polar surface area (TPSA) is 62.2 Å². The third-order valence-electron chi connectivity index (χ3n) is 3.51. The van der Waals surface area contributed by atoms with E-state index in [1.54, 1.807) is 6.20 Å². The molecule has 1 unspecified atom stereocenters. The molecule has 1 atom stereocenters. The monoisotopic (exact) mass is 307 g/mol. The molecule has 1 aliphatic rings. The first-order valence-electron chi connectivity index (χ1n) is 7.56. The molecule has 1 aromatic rings. The molecule has 1 aromatic heterocycles. The fourth-order valence-electron chi connectivity index (χ4n) is 2.34. The average molecular weight is 307 g/mol. The van der Waals surface area contributed by atoms with Gasteiger partial charge in [-0.05, 0) is 45.4 Å². The maximum atomic E-state index is 4.61. The number of aliphatic imine (C=N–C) groups is 1. The molecule has 0 bridgehead atoms. The first-order chi connectivity index (χ1) is 10.1. The second kappa shape index (κ2) is 7.64. The van der Waals surface area contributed by atoms with Crippen LogP contribution in [0.25, 0.3) is 0 Å². The summed E-state index contributed by atoms with van der Waals surface area (Å²) >= 11 is 2.06. The van der Waals surface area contributed by atoms with E-state index in [0.717, 1.165) is 30.6 Å². The van der Waals surface area contributed by atoms with Crippen LogP contribution in [0.2, 0.25) is 0 Å². The lowest BCUT2D eigenvalue weighted by molar-refractivity contribution is 0.584. The van der Waals surface area contributed by atoms with E-state index in [4.69, 9.17) is 0 Å². The van der Waals surface area contributed by atoms with Crippen LogP contribution in [-0.2, 0) is 6.54 Å². The fraction of sp³-hybridized carbons (Fsp3) is 0.667. The predicted octanol–water partition coefficient (Wildman–Crippen LogP) is 2.13. The Morgan fingerprint density at radius 3 is 3.00 bits per heavy atom. The zero-order valence-electron chi connectivity index (χ0n) is 13.1. The van der Waals surface area contributed by atoms with Gasteiger partial charge >= 0.3 is 0 Å². The van der Waals surface area contributed by atoms with Crippen molar-refractivity contribution in [3.8, 4) is 0 Å². The van der Waals surface area contributed by atoms with Crippen molar-refractivity contribution in [1.82, 2.24) is 20.6 Å². The molecule has 6 heteroatoms. The summed E-state index contributed by atoms with van der Waals surface area (Å²) in [5.74, 6) is 2.92. The van der Waals surface area contributed by atoms with E-state index in [-0.39, 0.29) is 0 Å². The van der Waals surface area contributed by atoms with Gasteiger partial charge in [-0.3, -0.25) is 0 Å². The number of nitrogens with zero attached hydrogens (tertiary/aromatic N) is 3. The van der Waals surface area contributed by atoms with Crippen LogP contribution in [0.3, 0.4) is 0 Å². The van der Waals surface area contributed by atoms with Crippen molar-refractivity contribution in [2.45, 2.75) is 44.9 Å². The number of thioether (sulfide) groups is 1. The molecule has 5 nitrogen and oxygen atoms in total. The lowest BCUT2D eigenvalue weighted by Crippen LogP contribution is -2.43. The molecule has 116 valence electrons. The summed E-state index contributed by atoms with van der Waals surface area (Å²) in [4.78, 5) is 13.1. The predicted molar refractivity (Wildman–Crippen MR) is 89.7 cm³/mol. The van der Waals surface area contributed by atoms with Crippen molar-refractivity contribution in [2.24, 2.45) is 4.99 Å². The van der Waals surface area contributed by atoms with Gasteiger partial charge in [-0.15, -0.1) is 0 Å². The Morgan fingerprint density at radius 1 is 1.48 bits per heavy atom. The van der Waals surface area contributed by atoms with Crippen LogP contribution in [0.15, 0.2) is 17.3 Å². The van der Waals surface area contributed by atoms with E-state index in [2.05, 4.69) is 51.2 Å². The van der Waals surface area contributed by atoms with Gasteiger partial charge in [-0.2, -0.15) is 11.8 Å². The third kappa shape index (κ3) is 5.19. The minimum atomic E-state index is 0.335. The molecule has 2 N–H and O–H groups in total. The highest BCUT2D eigenvalue weighted by Crippen LogP contribution is 2.36. The Labute approximate surface area is 131 Å². The van der Waals surface area contributed by atoms with Crippen molar-refractivity contribution >= 4 is 17.7 Å². The number of hydrogen-bond acceptors (Lipinski definition) is 4. The quantitative estimate of drug-likeness (QED) is 0.644. The fourth-order valence-corrected chi connectivity index (χ4v) is 3.59. The Balaban J connectivity index is 1.92.